The number of carbonyl (C=O) groups excluding carboxylic acids is 1. The van der Waals surface area contributed by atoms with Gasteiger partial charge in [0.2, 0.25) is 0 Å². The number of ether oxygens (including phenoxy) is 1. The number of hydrogen-bond donors (Lipinski definition) is 0. The van der Waals surface area contributed by atoms with Gasteiger partial charge in [-0.05, 0) is 6.07 Å². The fraction of sp³-hybridized carbons (Fsp3) is 0.462. The second-order valence-corrected chi connectivity index (χ2v) is 5.02. The van der Waals surface area contributed by atoms with Crippen LogP contribution in [0.2, 0.25) is 0 Å². The van der Waals surface area contributed by atoms with Gasteiger partial charge in [0, 0.05) is 11.0 Å². The van der Waals surface area contributed by atoms with Crippen LogP contribution in [0, 0.1) is 5.41 Å². The van der Waals surface area contributed by atoms with Gasteiger partial charge in [-0.1, -0.05) is 39.0 Å². The Hall–Kier alpha value is -1.31. The van der Waals surface area contributed by atoms with E-state index in [-0.39, 0.29) is 17.1 Å². The first-order valence-electron chi connectivity index (χ1n) is 5.26. The van der Waals surface area contributed by atoms with Crippen LogP contribution in [0.1, 0.15) is 32.3 Å². The van der Waals surface area contributed by atoms with Crippen molar-refractivity contribution in [3.05, 3.63) is 29.8 Å². The maximum atomic E-state index is 12.1. The normalized spacial score (nSPS) is 19.5. The van der Waals surface area contributed by atoms with Gasteiger partial charge in [-0.25, -0.2) is 0 Å². The Morgan fingerprint density at radius 1 is 1.33 bits per heavy atom. The second-order valence-electron chi connectivity index (χ2n) is 5.02. The van der Waals surface area contributed by atoms with Crippen molar-refractivity contribution in [2.75, 3.05) is 6.61 Å². The smallest absolute Gasteiger partial charge is 0.149 e. The predicted molar refractivity (Wildman–Crippen MR) is 59.1 cm³/mol. The molecule has 0 bridgehead atoms. The SMILES string of the molecule is CC(C)(C)C(=O)C1COc2ccccc21. The second kappa shape index (κ2) is 3.37. The molecule has 0 spiro atoms. The van der Waals surface area contributed by atoms with Gasteiger partial charge in [-0.2, -0.15) is 0 Å². The lowest BCUT2D eigenvalue weighted by atomic mass is 9.81. The molecule has 0 fully saturated rings. The monoisotopic (exact) mass is 204 g/mol. The Morgan fingerprint density at radius 2 is 2.00 bits per heavy atom. The molecule has 1 aliphatic heterocycles. The zero-order valence-electron chi connectivity index (χ0n) is 9.41. The lowest BCUT2D eigenvalue weighted by molar-refractivity contribution is -0.128. The molecule has 15 heavy (non-hydrogen) atoms. The Balaban J connectivity index is 2.32. The highest BCUT2D eigenvalue weighted by Crippen LogP contribution is 2.37. The van der Waals surface area contributed by atoms with Crippen molar-refractivity contribution in [2.24, 2.45) is 5.41 Å². The summed E-state index contributed by atoms with van der Waals surface area (Å²) in [5, 5.41) is 0. The maximum Gasteiger partial charge on any atom is 0.149 e. The summed E-state index contributed by atoms with van der Waals surface area (Å²) in [6, 6.07) is 7.79. The van der Waals surface area contributed by atoms with Crippen molar-refractivity contribution in [2.45, 2.75) is 26.7 Å². The van der Waals surface area contributed by atoms with Crippen molar-refractivity contribution in [3.8, 4) is 5.75 Å². The Labute approximate surface area is 90.3 Å². The van der Waals surface area contributed by atoms with Gasteiger partial charge in [0.1, 0.15) is 18.1 Å². The van der Waals surface area contributed by atoms with Crippen LogP contribution in [0.5, 0.6) is 5.75 Å². The highest BCUT2D eigenvalue weighted by molar-refractivity contribution is 5.91. The minimum atomic E-state index is -0.300. The third kappa shape index (κ3) is 1.76. The number of Topliss-reactive ketones (excluding diaryl/α,β-unsaturated/α-hetero) is 1. The lowest BCUT2D eigenvalue weighted by Crippen LogP contribution is -2.27. The van der Waals surface area contributed by atoms with E-state index in [2.05, 4.69) is 0 Å². The summed E-state index contributed by atoms with van der Waals surface area (Å²) in [6.45, 7) is 6.36. The molecule has 1 aliphatic rings. The van der Waals surface area contributed by atoms with Crippen molar-refractivity contribution in [3.63, 3.8) is 0 Å². The van der Waals surface area contributed by atoms with E-state index in [1.165, 1.54) is 0 Å². The number of benzene rings is 1. The van der Waals surface area contributed by atoms with Crippen molar-refractivity contribution in [1.29, 1.82) is 0 Å². The van der Waals surface area contributed by atoms with E-state index in [0.29, 0.717) is 6.61 Å². The molecule has 1 aromatic carbocycles. The highest BCUT2D eigenvalue weighted by atomic mass is 16.5. The van der Waals surface area contributed by atoms with E-state index in [1.807, 2.05) is 45.0 Å². The van der Waals surface area contributed by atoms with Crippen LogP contribution < -0.4 is 4.74 Å². The molecule has 0 saturated heterocycles. The molecular weight excluding hydrogens is 188 g/mol. The number of fused-ring (bicyclic) bond motifs is 1. The molecule has 0 amide bonds. The number of carbonyl (C=O) groups is 1. The fourth-order valence-corrected chi connectivity index (χ4v) is 1.90. The summed E-state index contributed by atoms with van der Waals surface area (Å²) in [5.74, 6) is 1.04. The summed E-state index contributed by atoms with van der Waals surface area (Å²) in [4.78, 5) is 12.1. The van der Waals surface area contributed by atoms with Gasteiger partial charge in [0.05, 0.1) is 5.92 Å². The maximum absolute atomic E-state index is 12.1. The minimum Gasteiger partial charge on any atom is -0.492 e. The number of para-hydroxylation sites is 1. The standard InChI is InChI=1S/C13H16O2/c1-13(2,3)12(14)10-8-15-11-7-5-4-6-9(10)11/h4-7,10H,8H2,1-3H3. The molecule has 1 atom stereocenters. The van der Waals surface area contributed by atoms with Crippen LogP contribution in [-0.2, 0) is 4.79 Å². The van der Waals surface area contributed by atoms with E-state index in [4.69, 9.17) is 4.74 Å². The van der Waals surface area contributed by atoms with E-state index in [0.717, 1.165) is 11.3 Å². The van der Waals surface area contributed by atoms with Crippen LogP contribution in [0.3, 0.4) is 0 Å². The first-order chi connectivity index (χ1) is 7.00. The van der Waals surface area contributed by atoms with E-state index in [1.54, 1.807) is 0 Å². The third-order valence-corrected chi connectivity index (χ3v) is 2.76. The summed E-state index contributed by atoms with van der Waals surface area (Å²) < 4.78 is 5.51. The summed E-state index contributed by atoms with van der Waals surface area (Å²) >= 11 is 0. The number of ketones is 1. The molecule has 1 unspecified atom stereocenters. The lowest BCUT2D eigenvalue weighted by Gasteiger charge is -2.20. The first-order valence-corrected chi connectivity index (χ1v) is 5.26. The van der Waals surface area contributed by atoms with Gasteiger partial charge in [0.25, 0.3) is 0 Å². The van der Waals surface area contributed by atoms with Gasteiger partial charge in [-0.3, -0.25) is 4.79 Å². The summed E-state index contributed by atoms with van der Waals surface area (Å²) in [5.41, 5.74) is 0.739. The molecular formula is C13H16O2. The molecule has 2 heteroatoms. The van der Waals surface area contributed by atoms with Gasteiger partial charge < -0.3 is 4.74 Å². The summed E-state index contributed by atoms with van der Waals surface area (Å²) in [7, 11) is 0. The molecule has 0 radical (unpaired) electrons. The van der Waals surface area contributed by atoms with E-state index in [9.17, 15) is 4.79 Å². The van der Waals surface area contributed by atoms with Crippen molar-refractivity contribution in [1.82, 2.24) is 0 Å². The molecule has 1 heterocycles. The van der Waals surface area contributed by atoms with Crippen LogP contribution in [0.25, 0.3) is 0 Å². The van der Waals surface area contributed by atoms with Crippen LogP contribution in [-0.4, -0.2) is 12.4 Å². The zero-order valence-corrected chi connectivity index (χ0v) is 9.41. The molecule has 0 aromatic heterocycles. The molecule has 80 valence electrons. The quantitative estimate of drug-likeness (QED) is 0.703. The molecule has 0 saturated carbocycles. The zero-order chi connectivity index (χ0) is 11.1. The van der Waals surface area contributed by atoms with Gasteiger partial charge >= 0.3 is 0 Å². The Bertz CT molecular complexity index is 388. The number of hydrogen-bond acceptors (Lipinski definition) is 2. The van der Waals surface area contributed by atoms with Crippen molar-refractivity contribution >= 4 is 5.78 Å². The topological polar surface area (TPSA) is 26.3 Å². The fourth-order valence-electron chi connectivity index (χ4n) is 1.90. The average Bonchev–Trinajstić information content (AvgIpc) is 2.58. The predicted octanol–water partition coefficient (Wildman–Crippen LogP) is 2.78. The number of rotatable bonds is 1. The molecule has 2 rings (SSSR count). The van der Waals surface area contributed by atoms with Crippen molar-refractivity contribution < 1.29 is 9.53 Å². The molecule has 0 aliphatic carbocycles. The molecule has 2 nitrogen and oxygen atoms in total. The highest BCUT2D eigenvalue weighted by Gasteiger charge is 2.35. The Kier molecular flexibility index (Phi) is 2.29. The van der Waals surface area contributed by atoms with Gasteiger partial charge in [0.15, 0.2) is 0 Å². The summed E-state index contributed by atoms with van der Waals surface area (Å²) in [6.07, 6.45) is 0. The van der Waals surface area contributed by atoms with Gasteiger partial charge in [-0.15, -0.1) is 0 Å². The van der Waals surface area contributed by atoms with Crippen LogP contribution >= 0.6 is 0 Å². The largest absolute Gasteiger partial charge is 0.492 e. The average molecular weight is 204 g/mol. The van der Waals surface area contributed by atoms with Crippen LogP contribution in [0.15, 0.2) is 24.3 Å². The first kappa shape index (κ1) is 10.2. The minimum absolute atomic E-state index is 0.0822. The molecule has 1 aromatic rings. The molecule has 0 N–H and O–H groups in total. The third-order valence-electron chi connectivity index (χ3n) is 2.76. The Morgan fingerprint density at radius 3 is 2.67 bits per heavy atom. The van der Waals surface area contributed by atoms with E-state index < -0.39 is 0 Å². The van der Waals surface area contributed by atoms with Crippen LogP contribution in [0.4, 0.5) is 0 Å². The van der Waals surface area contributed by atoms with E-state index >= 15 is 0 Å².